The van der Waals surface area contributed by atoms with E-state index in [1.807, 2.05) is 55.5 Å². The van der Waals surface area contributed by atoms with Crippen LogP contribution in [0.1, 0.15) is 30.4 Å². The van der Waals surface area contributed by atoms with Gasteiger partial charge in [-0.05, 0) is 41.8 Å². The minimum atomic E-state index is -0.0589. The Morgan fingerprint density at radius 1 is 1.10 bits per heavy atom. The average Bonchev–Trinajstić information content (AvgIpc) is 2.53. The molecule has 0 aromatic heterocycles. The molecule has 0 aliphatic rings. The Balaban J connectivity index is 1.92. The highest BCUT2D eigenvalue weighted by Crippen LogP contribution is 2.21. The summed E-state index contributed by atoms with van der Waals surface area (Å²) in [5, 5.41) is 0. The van der Waals surface area contributed by atoms with E-state index in [9.17, 15) is 4.79 Å². The number of hydrogen-bond donors (Lipinski definition) is 0. The maximum absolute atomic E-state index is 12.3. The van der Waals surface area contributed by atoms with Crippen molar-refractivity contribution in [1.82, 2.24) is 0 Å². The van der Waals surface area contributed by atoms with Crippen LogP contribution in [0, 0.1) is 0 Å². The molecule has 0 aliphatic carbocycles. The van der Waals surface area contributed by atoms with Crippen molar-refractivity contribution in [2.75, 3.05) is 7.11 Å². The predicted octanol–water partition coefficient (Wildman–Crippen LogP) is 4.76. The lowest BCUT2D eigenvalue weighted by Gasteiger charge is -2.11. The number of hydrogen-bond acceptors (Lipinski definition) is 2. The first kappa shape index (κ1) is 15.8. The van der Waals surface area contributed by atoms with Crippen LogP contribution in [0.2, 0.25) is 0 Å². The van der Waals surface area contributed by atoms with E-state index in [0.717, 1.165) is 27.8 Å². The second-order valence-corrected chi connectivity index (χ2v) is 6.00. The molecule has 21 heavy (non-hydrogen) atoms. The number of Topliss-reactive ketones (excluding diaryl/α,β-unsaturated/α-hetero) is 1. The van der Waals surface area contributed by atoms with Crippen LogP contribution in [-0.2, 0) is 11.2 Å². The van der Waals surface area contributed by atoms with Gasteiger partial charge in [0.15, 0.2) is 0 Å². The Morgan fingerprint density at radius 3 is 2.29 bits per heavy atom. The lowest BCUT2D eigenvalue weighted by atomic mass is 9.93. The summed E-state index contributed by atoms with van der Waals surface area (Å²) in [5.74, 6) is 1.05. The van der Waals surface area contributed by atoms with Gasteiger partial charge in [0.25, 0.3) is 0 Å². The Hall–Kier alpha value is -1.61. The van der Waals surface area contributed by atoms with E-state index in [-0.39, 0.29) is 11.7 Å². The third-order valence-corrected chi connectivity index (χ3v) is 4.20. The fraction of sp³-hybridized carbons (Fsp3) is 0.278. The smallest absolute Gasteiger partial charge is 0.140 e. The molecular formula is C18H19BrO2. The van der Waals surface area contributed by atoms with Gasteiger partial charge in [-0.3, -0.25) is 4.79 Å². The summed E-state index contributed by atoms with van der Waals surface area (Å²) >= 11 is 3.41. The zero-order valence-electron chi connectivity index (χ0n) is 12.3. The van der Waals surface area contributed by atoms with Gasteiger partial charge in [0, 0.05) is 16.8 Å². The van der Waals surface area contributed by atoms with Crippen molar-refractivity contribution in [1.29, 1.82) is 0 Å². The first-order valence-corrected chi connectivity index (χ1v) is 7.80. The summed E-state index contributed by atoms with van der Waals surface area (Å²) in [7, 11) is 1.65. The van der Waals surface area contributed by atoms with E-state index in [1.165, 1.54) is 0 Å². The minimum Gasteiger partial charge on any atom is -0.497 e. The van der Waals surface area contributed by atoms with Crippen LogP contribution in [0.3, 0.4) is 0 Å². The summed E-state index contributed by atoms with van der Waals surface area (Å²) in [4.78, 5) is 12.3. The lowest BCUT2D eigenvalue weighted by Crippen LogP contribution is -2.10. The lowest BCUT2D eigenvalue weighted by molar-refractivity contribution is -0.120. The fourth-order valence-electron chi connectivity index (χ4n) is 2.21. The number of rotatable bonds is 6. The van der Waals surface area contributed by atoms with Crippen LogP contribution in [0.25, 0.3) is 0 Å². The van der Waals surface area contributed by atoms with Crippen molar-refractivity contribution >= 4 is 21.7 Å². The number of ketones is 1. The van der Waals surface area contributed by atoms with Gasteiger partial charge in [0.1, 0.15) is 11.5 Å². The zero-order chi connectivity index (χ0) is 15.2. The van der Waals surface area contributed by atoms with E-state index < -0.39 is 0 Å². The molecule has 3 heteroatoms. The number of aryl methyl sites for hydroxylation is 1. The molecule has 110 valence electrons. The highest BCUT2D eigenvalue weighted by molar-refractivity contribution is 9.10. The van der Waals surface area contributed by atoms with Gasteiger partial charge in [-0.2, -0.15) is 0 Å². The molecule has 1 atom stereocenters. The number of ether oxygens (including phenoxy) is 1. The van der Waals surface area contributed by atoms with Crippen LogP contribution >= 0.6 is 15.9 Å². The van der Waals surface area contributed by atoms with Crippen molar-refractivity contribution in [2.24, 2.45) is 0 Å². The van der Waals surface area contributed by atoms with E-state index in [0.29, 0.717) is 6.42 Å². The molecule has 0 heterocycles. The van der Waals surface area contributed by atoms with Crippen molar-refractivity contribution < 1.29 is 9.53 Å². The van der Waals surface area contributed by atoms with Crippen LogP contribution in [0.4, 0.5) is 0 Å². The first-order chi connectivity index (χ1) is 10.1. The van der Waals surface area contributed by atoms with Crippen molar-refractivity contribution in [3.8, 4) is 5.75 Å². The van der Waals surface area contributed by atoms with Gasteiger partial charge < -0.3 is 4.74 Å². The summed E-state index contributed by atoms with van der Waals surface area (Å²) in [6, 6.07) is 15.8. The van der Waals surface area contributed by atoms with Crippen LogP contribution in [0.5, 0.6) is 5.75 Å². The minimum absolute atomic E-state index is 0.0589. The van der Waals surface area contributed by atoms with Crippen LogP contribution in [0.15, 0.2) is 53.0 Å². The quantitative estimate of drug-likeness (QED) is 0.753. The molecular weight excluding hydrogens is 328 g/mol. The average molecular weight is 347 g/mol. The fourth-order valence-corrected chi connectivity index (χ4v) is 2.48. The van der Waals surface area contributed by atoms with E-state index in [1.54, 1.807) is 7.11 Å². The van der Waals surface area contributed by atoms with Crippen LogP contribution in [-0.4, -0.2) is 12.9 Å². The highest BCUT2D eigenvalue weighted by atomic mass is 79.9. The molecule has 2 aromatic carbocycles. The second kappa shape index (κ2) is 7.41. The number of methoxy groups -OCH3 is 1. The van der Waals surface area contributed by atoms with Crippen molar-refractivity contribution in [3.05, 3.63) is 64.1 Å². The Morgan fingerprint density at radius 2 is 1.71 bits per heavy atom. The molecule has 0 spiro atoms. The standard InChI is InChI=1S/C18H19BrO2/c1-13(15-6-8-16(19)9-7-15)18(20)12-5-14-3-10-17(21-2)11-4-14/h3-4,6-11,13H,5,12H2,1-2H3. The summed E-state index contributed by atoms with van der Waals surface area (Å²) < 4.78 is 6.16. The topological polar surface area (TPSA) is 26.3 Å². The molecule has 0 saturated heterocycles. The molecule has 0 N–H and O–H groups in total. The maximum atomic E-state index is 12.3. The molecule has 0 fully saturated rings. The molecule has 0 radical (unpaired) electrons. The van der Waals surface area contributed by atoms with Gasteiger partial charge in [-0.15, -0.1) is 0 Å². The monoisotopic (exact) mass is 346 g/mol. The molecule has 2 rings (SSSR count). The molecule has 0 saturated carbocycles. The van der Waals surface area contributed by atoms with E-state index in [2.05, 4.69) is 15.9 Å². The molecule has 0 aliphatic heterocycles. The zero-order valence-corrected chi connectivity index (χ0v) is 13.9. The summed E-state index contributed by atoms with van der Waals surface area (Å²) in [5.41, 5.74) is 2.23. The highest BCUT2D eigenvalue weighted by Gasteiger charge is 2.14. The van der Waals surface area contributed by atoms with Crippen molar-refractivity contribution in [3.63, 3.8) is 0 Å². The Bertz CT molecular complexity index is 588. The van der Waals surface area contributed by atoms with Gasteiger partial charge in [-0.1, -0.05) is 47.1 Å². The molecule has 2 aromatic rings. The van der Waals surface area contributed by atoms with Gasteiger partial charge in [0.2, 0.25) is 0 Å². The Labute approximate surface area is 134 Å². The SMILES string of the molecule is COc1ccc(CCC(=O)C(C)c2ccc(Br)cc2)cc1. The molecule has 0 bridgehead atoms. The van der Waals surface area contributed by atoms with Gasteiger partial charge in [0.05, 0.1) is 7.11 Å². The predicted molar refractivity (Wildman–Crippen MR) is 88.9 cm³/mol. The normalized spacial score (nSPS) is 12.0. The van der Waals surface area contributed by atoms with Crippen molar-refractivity contribution in [2.45, 2.75) is 25.7 Å². The third kappa shape index (κ3) is 4.43. The van der Waals surface area contributed by atoms with Gasteiger partial charge >= 0.3 is 0 Å². The molecule has 1 unspecified atom stereocenters. The van der Waals surface area contributed by atoms with E-state index >= 15 is 0 Å². The largest absolute Gasteiger partial charge is 0.497 e. The molecule has 2 nitrogen and oxygen atoms in total. The molecule has 0 amide bonds. The number of benzene rings is 2. The third-order valence-electron chi connectivity index (χ3n) is 3.67. The maximum Gasteiger partial charge on any atom is 0.140 e. The number of halogens is 1. The summed E-state index contributed by atoms with van der Waals surface area (Å²) in [6.45, 7) is 1.97. The van der Waals surface area contributed by atoms with Gasteiger partial charge in [-0.25, -0.2) is 0 Å². The number of carbonyl (C=O) groups excluding carboxylic acids is 1. The summed E-state index contributed by atoms with van der Waals surface area (Å²) in [6.07, 6.45) is 1.33. The Kier molecular flexibility index (Phi) is 5.57. The van der Waals surface area contributed by atoms with E-state index in [4.69, 9.17) is 4.74 Å². The second-order valence-electron chi connectivity index (χ2n) is 5.09. The van der Waals surface area contributed by atoms with Crippen LogP contribution < -0.4 is 4.74 Å². The first-order valence-electron chi connectivity index (χ1n) is 7.01. The number of carbonyl (C=O) groups is 1.